The summed E-state index contributed by atoms with van der Waals surface area (Å²) in [5.74, 6) is -0.337. The Morgan fingerprint density at radius 2 is 1.85 bits per heavy atom. The van der Waals surface area contributed by atoms with E-state index >= 15 is 0 Å². The van der Waals surface area contributed by atoms with Gasteiger partial charge in [0.25, 0.3) is 0 Å². The molecule has 2 aromatic carbocycles. The van der Waals surface area contributed by atoms with Gasteiger partial charge in [-0.3, -0.25) is 14.5 Å². The van der Waals surface area contributed by atoms with Crippen molar-refractivity contribution in [1.29, 1.82) is 0 Å². The number of benzene rings is 2. The molecule has 2 aliphatic heterocycles. The molecule has 1 saturated heterocycles. The van der Waals surface area contributed by atoms with Crippen molar-refractivity contribution in [2.45, 2.75) is 63.1 Å². The van der Waals surface area contributed by atoms with Crippen molar-refractivity contribution >= 4 is 39.6 Å². The quantitative estimate of drug-likeness (QED) is 0.246. The molecule has 3 atom stereocenters. The molecule has 218 valence electrons. The predicted molar refractivity (Wildman–Crippen MR) is 154 cm³/mol. The van der Waals surface area contributed by atoms with Gasteiger partial charge >= 0.3 is 12.1 Å². The fourth-order valence-corrected chi connectivity index (χ4v) is 6.09. The number of halogens is 1. The second kappa shape index (κ2) is 11.6. The van der Waals surface area contributed by atoms with E-state index in [2.05, 4.69) is 15.9 Å². The first-order valence-electron chi connectivity index (χ1n) is 13.7. The van der Waals surface area contributed by atoms with Gasteiger partial charge in [-0.05, 0) is 74.9 Å². The van der Waals surface area contributed by atoms with Crippen molar-refractivity contribution in [2.75, 3.05) is 26.9 Å². The molecule has 0 bridgehead atoms. The molecule has 10 heteroatoms. The number of carbonyl (C=O) groups is 4. The lowest BCUT2D eigenvalue weighted by Gasteiger charge is -2.27. The average molecular weight is 629 g/mol. The van der Waals surface area contributed by atoms with Gasteiger partial charge in [0.05, 0.1) is 11.4 Å². The number of Topliss-reactive ketones (excluding diaryl/α,β-unsaturated/α-hetero) is 2. The molecule has 41 heavy (non-hydrogen) atoms. The number of nitrogens with zero attached hydrogens (tertiary/aromatic N) is 1. The summed E-state index contributed by atoms with van der Waals surface area (Å²) in [4.78, 5) is 52.6. The molecule has 0 radical (unpaired) electrons. The van der Waals surface area contributed by atoms with E-state index in [-0.39, 0.29) is 28.9 Å². The van der Waals surface area contributed by atoms with Crippen LogP contribution >= 0.6 is 15.9 Å². The summed E-state index contributed by atoms with van der Waals surface area (Å²) in [5, 5.41) is 0. The van der Waals surface area contributed by atoms with Crippen molar-refractivity contribution in [2.24, 2.45) is 5.92 Å². The fraction of sp³-hybridized carbons (Fsp3) is 0.484. The van der Waals surface area contributed by atoms with Gasteiger partial charge < -0.3 is 18.9 Å². The third kappa shape index (κ3) is 6.18. The van der Waals surface area contributed by atoms with E-state index in [4.69, 9.17) is 18.9 Å². The highest BCUT2D eigenvalue weighted by Gasteiger charge is 2.42. The number of alkyl halides is 1. The molecule has 1 fully saturated rings. The highest BCUT2D eigenvalue weighted by Crippen LogP contribution is 2.41. The Morgan fingerprint density at radius 1 is 1.07 bits per heavy atom. The Kier molecular flexibility index (Phi) is 8.25. The summed E-state index contributed by atoms with van der Waals surface area (Å²) in [6.07, 6.45) is 1.30. The molecule has 2 aromatic rings. The van der Waals surface area contributed by atoms with Crippen LogP contribution < -0.4 is 4.74 Å². The number of hydrogen-bond donors (Lipinski definition) is 0. The van der Waals surface area contributed by atoms with Crippen LogP contribution in [0.5, 0.6) is 5.75 Å². The van der Waals surface area contributed by atoms with Crippen molar-refractivity contribution in [3.05, 3.63) is 52.6 Å². The zero-order valence-corrected chi connectivity index (χ0v) is 25.2. The van der Waals surface area contributed by atoms with E-state index < -0.39 is 30.3 Å². The number of amides is 1. The lowest BCUT2D eigenvalue weighted by Crippen LogP contribution is -2.44. The van der Waals surface area contributed by atoms with Gasteiger partial charge in [0.15, 0.2) is 18.2 Å². The number of esters is 1. The molecule has 0 spiro atoms. The van der Waals surface area contributed by atoms with Gasteiger partial charge in [-0.15, -0.1) is 0 Å². The van der Waals surface area contributed by atoms with Gasteiger partial charge in [-0.2, -0.15) is 0 Å². The first-order chi connectivity index (χ1) is 19.4. The lowest BCUT2D eigenvalue weighted by molar-refractivity contribution is -0.147. The number of rotatable bonds is 6. The summed E-state index contributed by atoms with van der Waals surface area (Å²) >= 11 is 3.45. The Labute approximate surface area is 247 Å². The summed E-state index contributed by atoms with van der Waals surface area (Å²) < 4.78 is 22.1. The molecular formula is C31H34BrNO8. The molecule has 2 unspecified atom stereocenters. The zero-order chi connectivity index (χ0) is 29.5. The van der Waals surface area contributed by atoms with Crippen LogP contribution in [0.25, 0.3) is 11.1 Å². The molecule has 1 amide bonds. The van der Waals surface area contributed by atoms with Crippen LogP contribution in [-0.2, 0) is 32.0 Å². The topological polar surface area (TPSA) is 108 Å². The monoisotopic (exact) mass is 627 g/mol. The summed E-state index contributed by atoms with van der Waals surface area (Å²) in [7, 11) is 1.57. The molecule has 5 rings (SSSR count). The van der Waals surface area contributed by atoms with Gasteiger partial charge in [-0.25, -0.2) is 9.59 Å². The lowest BCUT2D eigenvalue weighted by atomic mass is 9.85. The molecule has 0 aromatic heterocycles. The van der Waals surface area contributed by atoms with Crippen LogP contribution in [0, 0.1) is 5.92 Å². The third-order valence-electron chi connectivity index (χ3n) is 7.56. The highest BCUT2D eigenvalue weighted by molar-refractivity contribution is 9.10. The van der Waals surface area contributed by atoms with Gasteiger partial charge in [0.1, 0.15) is 24.0 Å². The predicted octanol–water partition coefficient (Wildman–Crippen LogP) is 5.14. The Bertz CT molecular complexity index is 1400. The molecule has 9 nitrogen and oxygen atoms in total. The van der Waals surface area contributed by atoms with E-state index in [1.165, 1.54) is 4.90 Å². The van der Waals surface area contributed by atoms with Crippen LogP contribution in [0.2, 0.25) is 0 Å². The molecule has 0 N–H and O–H groups in total. The number of methoxy groups -OCH3 is 1. The van der Waals surface area contributed by atoms with E-state index in [1.807, 2.05) is 18.2 Å². The average Bonchev–Trinajstić information content (AvgIpc) is 3.36. The zero-order valence-electron chi connectivity index (χ0n) is 23.7. The van der Waals surface area contributed by atoms with Crippen LogP contribution in [0.15, 0.2) is 30.3 Å². The van der Waals surface area contributed by atoms with Crippen molar-refractivity contribution < 1.29 is 38.1 Å². The first-order valence-corrected chi connectivity index (χ1v) is 14.7. The van der Waals surface area contributed by atoms with Crippen LogP contribution in [0.3, 0.4) is 0 Å². The Morgan fingerprint density at radius 3 is 2.59 bits per heavy atom. The van der Waals surface area contributed by atoms with E-state index in [9.17, 15) is 19.2 Å². The second-order valence-corrected chi connectivity index (χ2v) is 12.9. The maximum Gasteiger partial charge on any atom is 0.411 e. The van der Waals surface area contributed by atoms with Gasteiger partial charge in [0.2, 0.25) is 0 Å². The van der Waals surface area contributed by atoms with Crippen LogP contribution in [-0.4, -0.2) is 71.9 Å². The molecule has 3 aliphatic rings. The van der Waals surface area contributed by atoms with Crippen molar-refractivity contribution in [3.8, 4) is 16.9 Å². The standard InChI is InChI=1S/C31H34BrNO8/c1-31(2,3)41-30(37)33-13-17(14-38-4)9-25(33)29(36)40-16-26(34)19-5-7-21-20(10-19)15-39-27-12-22-18(11-23(21)27)6-8-24(32)28(22)35/h5,7,10-12,17,24-25H,6,8-9,13-16H2,1-4H3/t17-,24?,25?/m0/s1. The van der Waals surface area contributed by atoms with Gasteiger partial charge in [-0.1, -0.05) is 28.1 Å². The highest BCUT2D eigenvalue weighted by atomic mass is 79.9. The maximum absolute atomic E-state index is 13.0. The summed E-state index contributed by atoms with van der Waals surface area (Å²) in [5.41, 5.74) is 4.04. The number of fused-ring (bicyclic) bond motifs is 4. The molecule has 1 aliphatic carbocycles. The number of carbonyl (C=O) groups excluding carboxylic acids is 4. The van der Waals surface area contributed by atoms with Gasteiger partial charge in [0, 0.05) is 36.3 Å². The normalized spacial score (nSPS) is 21.3. The fourth-order valence-electron chi connectivity index (χ4n) is 5.62. The Balaban J connectivity index is 1.27. The maximum atomic E-state index is 13.0. The van der Waals surface area contributed by atoms with Crippen LogP contribution in [0.4, 0.5) is 4.79 Å². The minimum Gasteiger partial charge on any atom is -0.488 e. The number of aryl methyl sites for hydroxylation is 1. The third-order valence-corrected chi connectivity index (χ3v) is 8.43. The summed E-state index contributed by atoms with van der Waals surface area (Å²) in [6, 6.07) is 8.31. The summed E-state index contributed by atoms with van der Waals surface area (Å²) in [6.45, 7) is 5.77. The van der Waals surface area contributed by atoms with E-state index in [1.54, 1.807) is 40.0 Å². The minimum absolute atomic E-state index is 0.0473. The Hall–Kier alpha value is -3.24. The largest absolute Gasteiger partial charge is 0.488 e. The number of likely N-dealkylation sites (tertiary alicyclic amines) is 1. The van der Waals surface area contributed by atoms with Crippen molar-refractivity contribution in [3.63, 3.8) is 0 Å². The smallest absolute Gasteiger partial charge is 0.411 e. The molecule has 0 saturated carbocycles. The SMILES string of the molecule is COC[C@H]1CC(C(=O)OCC(=O)c2ccc3c(c2)COc2cc4c(cc2-3)CCC(Br)C4=O)N(C(=O)OC(C)(C)C)C1. The number of ether oxygens (including phenoxy) is 4. The first kappa shape index (κ1) is 29.3. The molecular weight excluding hydrogens is 594 g/mol. The van der Waals surface area contributed by atoms with E-state index in [0.717, 1.165) is 35.1 Å². The molecule has 2 heterocycles. The minimum atomic E-state index is -0.858. The van der Waals surface area contributed by atoms with Crippen molar-refractivity contribution in [1.82, 2.24) is 4.90 Å². The van der Waals surface area contributed by atoms with E-state index in [0.29, 0.717) is 36.4 Å². The second-order valence-electron chi connectivity index (χ2n) is 11.8. The number of hydrogen-bond acceptors (Lipinski definition) is 8. The number of ketones is 2. The van der Waals surface area contributed by atoms with Crippen LogP contribution in [0.1, 0.15) is 65.5 Å².